The van der Waals surface area contributed by atoms with Gasteiger partial charge in [-0.3, -0.25) is 9.59 Å². The van der Waals surface area contributed by atoms with E-state index in [9.17, 15) is 18.0 Å². The van der Waals surface area contributed by atoms with Crippen LogP contribution in [0, 0.1) is 0 Å². The van der Waals surface area contributed by atoms with E-state index >= 15 is 0 Å². The molecular weight excluding hydrogens is 512 g/mol. The molecule has 0 bridgehead atoms. The van der Waals surface area contributed by atoms with E-state index in [1.165, 1.54) is 17.3 Å². The highest BCUT2D eigenvalue weighted by atomic mass is 35.5. The molecule has 0 atom stereocenters. The van der Waals surface area contributed by atoms with Crippen LogP contribution >= 0.6 is 11.6 Å². The van der Waals surface area contributed by atoms with Crippen molar-refractivity contribution < 1.29 is 18.0 Å². The monoisotopic (exact) mass is 538 g/mol. The molecule has 2 amide bonds. The first-order valence-corrected chi connectivity index (χ1v) is 13.5. The number of fused-ring (bicyclic) bond motifs is 1. The van der Waals surface area contributed by atoms with Crippen molar-refractivity contribution in [2.24, 2.45) is 4.40 Å². The number of carbonyl (C=O) groups excluding carboxylic acids is 2. The van der Waals surface area contributed by atoms with Gasteiger partial charge in [0.05, 0.1) is 11.3 Å². The summed E-state index contributed by atoms with van der Waals surface area (Å²) < 4.78 is 30.2. The minimum absolute atomic E-state index is 0.0166. The predicted molar refractivity (Wildman–Crippen MR) is 144 cm³/mol. The second kappa shape index (κ2) is 11.1. The van der Waals surface area contributed by atoms with Gasteiger partial charge in [0.1, 0.15) is 6.34 Å². The third-order valence-electron chi connectivity index (χ3n) is 5.89. The largest absolute Gasteiger partial charge is 0.368 e. The zero-order valence-corrected chi connectivity index (χ0v) is 22.1. The quantitative estimate of drug-likeness (QED) is 0.362. The molecule has 0 spiro atoms. The second-order valence-corrected chi connectivity index (χ2v) is 10.9. The highest BCUT2D eigenvalue weighted by molar-refractivity contribution is 7.90. The maximum absolute atomic E-state index is 13.2. The molecule has 0 radical (unpaired) electrons. The van der Waals surface area contributed by atoms with Crippen molar-refractivity contribution in [3.63, 3.8) is 0 Å². The molecule has 0 fully saturated rings. The first-order chi connectivity index (χ1) is 17.6. The summed E-state index contributed by atoms with van der Waals surface area (Å²) >= 11 is 6.19. The number of carbonyl (C=O) groups is 2. The summed E-state index contributed by atoms with van der Waals surface area (Å²) in [6.45, 7) is 0.566. The van der Waals surface area contributed by atoms with Crippen molar-refractivity contribution in [3.8, 4) is 0 Å². The van der Waals surface area contributed by atoms with Gasteiger partial charge >= 0.3 is 0 Å². The Hall–Kier alpha value is -3.69. The molecule has 1 heterocycles. The molecule has 1 N–H and O–H groups in total. The van der Waals surface area contributed by atoms with E-state index in [1.54, 1.807) is 73.6 Å². The van der Waals surface area contributed by atoms with Gasteiger partial charge in [0, 0.05) is 43.5 Å². The zero-order valence-electron chi connectivity index (χ0n) is 20.5. The molecular formula is C27H27ClN4O4S. The lowest BCUT2D eigenvalue weighted by molar-refractivity contribution is -0.115. The Morgan fingerprint density at radius 2 is 1.78 bits per heavy atom. The Balaban J connectivity index is 1.68. The van der Waals surface area contributed by atoms with Gasteiger partial charge in [-0.25, -0.2) is 0 Å². The summed E-state index contributed by atoms with van der Waals surface area (Å²) in [7, 11) is -0.712. The van der Waals surface area contributed by atoms with E-state index in [0.717, 1.165) is 0 Å². The Morgan fingerprint density at radius 3 is 2.49 bits per heavy atom. The Labute approximate surface area is 221 Å². The van der Waals surface area contributed by atoms with E-state index in [0.29, 0.717) is 45.9 Å². The van der Waals surface area contributed by atoms with Crippen LogP contribution in [0.3, 0.4) is 0 Å². The van der Waals surface area contributed by atoms with Gasteiger partial charge in [0.25, 0.3) is 15.9 Å². The fraction of sp³-hybridized carbons (Fsp3) is 0.222. The normalized spacial score (nSPS) is 13.3. The number of benzene rings is 3. The number of hydrogen-bond acceptors (Lipinski definition) is 4. The number of rotatable bonds is 7. The standard InChI is InChI=1S/C27H27ClN4O4S/c1-31(2)18-29-37(35,36)25-16-22(30-26(33)15-20-10-6-7-11-24(20)28)14-21-17-32(13-12-23(21)25)27(34)19-8-4-3-5-9-19/h3-11,14,16,18H,12-13,15,17H2,1-2H3,(H,30,33)/b29-18+. The maximum atomic E-state index is 13.2. The Bertz CT molecular complexity index is 1460. The molecule has 8 nitrogen and oxygen atoms in total. The number of halogens is 1. The van der Waals surface area contributed by atoms with E-state index in [-0.39, 0.29) is 29.7 Å². The molecule has 0 saturated heterocycles. The van der Waals surface area contributed by atoms with Crippen molar-refractivity contribution >= 4 is 45.5 Å². The van der Waals surface area contributed by atoms with Crippen LogP contribution in [0.25, 0.3) is 0 Å². The van der Waals surface area contributed by atoms with Crippen molar-refractivity contribution in [1.29, 1.82) is 0 Å². The van der Waals surface area contributed by atoms with E-state index in [4.69, 9.17) is 11.6 Å². The highest BCUT2D eigenvalue weighted by Gasteiger charge is 2.28. The summed E-state index contributed by atoms with van der Waals surface area (Å²) in [6, 6.07) is 19.1. The molecule has 37 heavy (non-hydrogen) atoms. The number of amides is 2. The summed E-state index contributed by atoms with van der Waals surface area (Å²) in [5.74, 6) is -0.490. The number of nitrogens with zero attached hydrogens (tertiary/aromatic N) is 3. The van der Waals surface area contributed by atoms with Gasteiger partial charge in [0.15, 0.2) is 0 Å². The maximum Gasteiger partial charge on any atom is 0.284 e. The predicted octanol–water partition coefficient (Wildman–Crippen LogP) is 4.00. The molecule has 1 aliphatic heterocycles. The van der Waals surface area contributed by atoms with Crippen molar-refractivity contribution in [3.05, 3.63) is 94.0 Å². The van der Waals surface area contributed by atoms with E-state index < -0.39 is 10.0 Å². The average Bonchev–Trinajstić information content (AvgIpc) is 2.88. The van der Waals surface area contributed by atoms with Crippen LogP contribution in [-0.4, -0.2) is 57.0 Å². The van der Waals surface area contributed by atoms with Crippen LogP contribution < -0.4 is 5.32 Å². The van der Waals surface area contributed by atoms with Gasteiger partial charge in [-0.2, -0.15) is 8.42 Å². The van der Waals surface area contributed by atoms with Gasteiger partial charge in [-0.05, 0) is 53.4 Å². The molecule has 0 aromatic heterocycles. The fourth-order valence-electron chi connectivity index (χ4n) is 4.13. The lowest BCUT2D eigenvalue weighted by Gasteiger charge is -2.30. The van der Waals surface area contributed by atoms with Crippen LogP contribution in [0.1, 0.15) is 27.0 Å². The zero-order chi connectivity index (χ0) is 26.6. The van der Waals surface area contributed by atoms with Crippen molar-refractivity contribution in [2.45, 2.75) is 24.3 Å². The molecule has 0 saturated carbocycles. The summed E-state index contributed by atoms with van der Waals surface area (Å²) in [5.41, 5.74) is 2.76. The van der Waals surface area contributed by atoms with Gasteiger partial charge in [-0.1, -0.05) is 48.0 Å². The molecule has 3 aromatic rings. The molecule has 0 unspecified atom stereocenters. The first-order valence-electron chi connectivity index (χ1n) is 11.6. The lowest BCUT2D eigenvalue weighted by Crippen LogP contribution is -2.36. The molecule has 0 aliphatic carbocycles. The lowest BCUT2D eigenvalue weighted by atomic mass is 9.98. The number of nitrogens with one attached hydrogen (secondary N) is 1. The summed E-state index contributed by atoms with van der Waals surface area (Å²) in [5, 5.41) is 3.26. The SMILES string of the molecule is CN(C)/C=N/S(=O)(=O)c1cc(NC(=O)Cc2ccccc2Cl)cc2c1CCN(C(=O)c1ccccc1)C2. The smallest absolute Gasteiger partial charge is 0.284 e. The van der Waals surface area contributed by atoms with Gasteiger partial charge < -0.3 is 15.1 Å². The number of sulfonamides is 1. The third-order valence-corrected chi connectivity index (χ3v) is 7.55. The van der Waals surface area contributed by atoms with E-state index in [2.05, 4.69) is 9.71 Å². The number of anilines is 1. The van der Waals surface area contributed by atoms with Crippen LogP contribution in [-0.2, 0) is 34.2 Å². The van der Waals surface area contributed by atoms with Crippen molar-refractivity contribution in [2.75, 3.05) is 26.0 Å². The average molecular weight is 539 g/mol. The minimum Gasteiger partial charge on any atom is -0.368 e. The Morgan fingerprint density at radius 1 is 1.08 bits per heavy atom. The summed E-state index contributed by atoms with van der Waals surface area (Å²) in [6.07, 6.45) is 1.59. The summed E-state index contributed by atoms with van der Waals surface area (Å²) in [4.78, 5) is 29.1. The topological polar surface area (TPSA) is 99.2 Å². The van der Waals surface area contributed by atoms with Crippen LogP contribution in [0.15, 0.2) is 76.0 Å². The molecule has 1 aliphatic rings. The highest BCUT2D eigenvalue weighted by Crippen LogP contribution is 2.31. The third kappa shape index (κ3) is 6.36. The molecule has 4 rings (SSSR count). The van der Waals surface area contributed by atoms with Gasteiger partial charge in [-0.15, -0.1) is 4.40 Å². The molecule has 3 aromatic carbocycles. The minimum atomic E-state index is -4.06. The first kappa shape index (κ1) is 26.4. The number of hydrogen-bond donors (Lipinski definition) is 1. The second-order valence-electron chi connectivity index (χ2n) is 8.93. The Kier molecular flexibility index (Phi) is 7.94. The van der Waals surface area contributed by atoms with Crippen LogP contribution in [0.5, 0.6) is 0 Å². The van der Waals surface area contributed by atoms with Crippen LogP contribution in [0.4, 0.5) is 5.69 Å². The fourth-order valence-corrected chi connectivity index (χ4v) is 5.58. The van der Waals surface area contributed by atoms with Gasteiger partial charge in [0.2, 0.25) is 5.91 Å². The molecule has 192 valence electrons. The van der Waals surface area contributed by atoms with Crippen LogP contribution in [0.2, 0.25) is 5.02 Å². The van der Waals surface area contributed by atoms with Crippen molar-refractivity contribution in [1.82, 2.24) is 9.80 Å². The van der Waals surface area contributed by atoms with E-state index in [1.807, 2.05) is 6.07 Å². The molecule has 10 heteroatoms.